The third kappa shape index (κ3) is 2.33. The van der Waals surface area contributed by atoms with Crippen LogP contribution in [0.2, 0.25) is 0 Å². The number of hydrogen-bond donors (Lipinski definition) is 1. The molecule has 2 aromatic rings. The molecule has 0 atom stereocenters. The third-order valence-electron chi connectivity index (χ3n) is 2.62. The van der Waals surface area contributed by atoms with Crippen LogP contribution in [0.15, 0.2) is 53.7 Å². The fourth-order valence-corrected chi connectivity index (χ4v) is 1.73. The van der Waals surface area contributed by atoms with Gasteiger partial charge in [0.1, 0.15) is 5.82 Å². The summed E-state index contributed by atoms with van der Waals surface area (Å²) in [6.45, 7) is 1.72. The lowest BCUT2D eigenvalue weighted by Crippen LogP contribution is -1.97. The molecule has 0 amide bonds. The molecule has 2 nitrogen and oxygen atoms in total. The molecular weight excluding hydrogens is 217 g/mol. The van der Waals surface area contributed by atoms with Crippen LogP contribution in [0.1, 0.15) is 12.5 Å². The van der Waals surface area contributed by atoms with Crippen LogP contribution in [0.4, 0.5) is 4.39 Å². The van der Waals surface area contributed by atoms with Crippen molar-refractivity contribution in [3.8, 4) is 11.1 Å². The fourth-order valence-electron chi connectivity index (χ4n) is 1.73. The lowest BCUT2D eigenvalue weighted by Gasteiger charge is -2.08. The van der Waals surface area contributed by atoms with Crippen LogP contribution in [0.3, 0.4) is 0 Å². The van der Waals surface area contributed by atoms with Crippen LogP contribution in [0, 0.1) is 5.82 Å². The molecule has 0 saturated carbocycles. The van der Waals surface area contributed by atoms with Crippen molar-refractivity contribution in [2.45, 2.75) is 6.92 Å². The van der Waals surface area contributed by atoms with Crippen LogP contribution in [-0.4, -0.2) is 10.9 Å². The van der Waals surface area contributed by atoms with Crippen molar-refractivity contribution in [1.29, 1.82) is 0 Å². The largest absolute Gasteiger partial charge is 0.411 e. The molecule has 0 saturated heterocycles. The highest BCUT2D eigenvalue weighted by molar-refractivity contribution is 6.04. The zero-order valence-corrected chi connectivity index (χ0v) is 9.39. The van der Waals surface area contributed by atoms with Gasteiger partial charge in [-0.2, -0.15) is 0 Å². The van der Waals surface area contributed by atoms with Crippen molar-refractivity contribution in [2.75, 3.05) is 0 Å². The number of oxime groups is 1. The van der Waals surface area contributed by atoms with Crippen LogP contribution in [-0.2, 0) is 0 Å². The molecule has 0 aliphatic rings. The Morgan fingerprint density at radius 2 is 1.71 bits per heavy atom. The molecule has 0 fully saturated rings. The molecule has 3 heteroatoms. The number of nitrogens with zero attached hydrogens (tertiary/aromatic N) is 1. The zero-order chi connectivity index (χ0) is 12.3. The minimum Gasteiger partial charge on any atom is -0.411 e. The van der Waals surface area contributed by atoms with Gasteiger partial charge in [0.2, 0.25) is 0 Å². The van der Waals surface area contributed by atoms with Gasteiger partial charge in [0, 0.05) is 5.56 Å². The molecule has 0 bridgehead atoms. The summed E-state index contributed by atoms with van der Waals surface area (Å²) in [5, 5.41) is 12.0. The van der Waals surface area contributed by atoms with Crippen LogP contribution < -0.4 is 0 Å². The average molecular weight is 229 g/mol. The fraction of sp³-hybridized carbons (Fsp3) is 0.0714. The van der Waals surface area contributed by atoms with Gasteiger partial charge in [-0.3, -0.25) is 0 Å². The maximum atomic E-state index is 12.9. The second-order valence-electron chi connectivity index (χ2n) is 3.74. The van der Waals surface area contributed by atoms with Crippen LogP contribution in [0.5, 0.6) is 0 Å². The Bertz CT molecular complexity index is 546. The monoisotopic (exact) mass is 229 g/mol. The maximum absolute atomic E-state index is 12.9. The Labute approximate surface area is 99.0 Å². The molecule has 1 N–H and O–H groups in total. The van der Waals surface area contributed by atoms with Gasteiger partial charge in [-0.1, -0.05) is 41.6 Å². The first kappa shape index (κ1) is 11.3. The molecule has 0 unspecified atom stereocenters. The standard InChI is InChI=1S/C14H12FNO/c1-10(16-17)13-4-2-3-5-14(13)11-6-8-12(15)9-7-11/h2-9,17H,1H3. The zero-order valence-electron chi connectivity index (χ0n) is 9.39. The number of hydrogen-bond acceptors (Lipinski definition) is 2. The molecule has 0 aliphatic carbocycles. The molecule has 0 heterocycles. The number of rotatable bonds is 2. The topological polar surface area (TPSA) is 32.6 Å². The first-order chi connectivity index (χ1) is 8.22. The predicted molar refractivity (Wildman–Crippen MR) is 65.8 cm³/mol. The average Bonchev–Trinajstić information content (AvgIpc) is 2.39. The predicted octanol–water partition coefficient (Wildman–Crippen LogP) is 3.69. The molecule has 0 spiro atoms. The van der Waals surface area contributed by atoms with E-state index in [0.717, 1.165) is 16.7 Å². The molecule has 2 aromatic carbocycles. The van der Waals surface area contributed by atoms with Gasteiger partial charge < -0.3 is 5.21 Å². The summed E-state index contributed by atoms with van der Waals surface area (Å²) >= 11 is 0. The van der Waals surface area contributed by atoms with Crippen molar-refractivity contribution in [2.24, 2.45) is 5.16 Å². The van der Waals surface area contributed by atoms with Crippen LogP contribution in [0.25, 0.3) is 11.1 Å². The van der Waals surface area contributed by atoms with E-state index < -0.39 is 0 Å². The van der Waals surface area contributed by atoms with E-state index in [-0.39, 0.29) is 5.82 Å². The molecule has 17 heavy (non-hydrogen) atoms. The van der Waals surface area contributed by atoms with Crippen LogP contribution >= 0.6 is 0 Å². The summed E-state index contributed by atoms with van der Waals surface area (Å²) in [5.41, 5.74) is 3.18. The summed E-state index contributed by atoms with van der Waals surface area (Å²) in [6.07, 6.45) is 0. The molecule has 0 aliphatic heterocycles. The van der Waals surface area contributed by atoms with Crippen molar-refractivity contribution < 1.29 is 9.60 Å². The van der Waals surface area contributed by atoms with E-state index in [1.807, 2.05) is 24.3 Å². The molecule has 0 aromatic heterocycles. The van der Waals surface area contributed by atoms with Gasteiger partial charge in [-0.05, 0) is 30.2 Å². The summed E-state index contributed by atoms with van der Waals surface area (Å²) in [6, 6.07) is 13.8. The van der Waals surface area contributed by atoms with Crippen molar-refractivity contribution in [3.63, 3.8) is 0 Å². The molecular formula is C14H12FNO. The van der Waals surface area contributed by atoms with Gasteiger partial charge >= 0.3 is 0 Å². The Morgan fingerprint density at radius 3 is 2.35 bits per heavy atom. The first-order valence-corrected chi connectivity index (χ1v) is 5.26. The van der Waals surface area contributed by atoms with E-state index in [9.17, 15) is 4.39 Å². The van der Waals surface area contributed by atoms with Gasteiger partial charge in [-0.15, -0.1) is 0 Å². The first-order valence-electron chi connectivity index (χ1n) is 5.26. The number of benzene rings is 2. The summed E-state index contributed by atoms with van der Waals surface area (Å²) < 4.78 is 12.9. The Balaban J connectivity index is 2.55. The molecule has 0 radical (unpaired) electrons. The highest BCUT2D eigenvalue weighted by Gasteiger charge is 2.07. The van der Waals surface area contributed by atoms with Crippen molar-refractivity contribution in [1.82, 2.24) is 0 Å². The highest BCUT2D eigenvalue weighted by atomic mass is 19.1. The van der Waals surface area contributed by atoms with Crippen molar-refractivity contribution >= 4 is 5.71 Å². The Morgan fingerprint density at radius 1 is 1.06 bits per heavy atom. The smallest absolute Gasteiger partial charge is 0.123 e. The number of halogens is 1. The molecule has 2 rings (SSSR count). The minimum absolute atomic E-state index is 0.265. The second-order valence-corrected chi connectivity index (χ2v) is 3.74. The van der Waals surface area contributed by atoms with Gasteiger partial charge in [-0.25, -0.2) is 4.39 Å². The summed E-state index contributed by atoms with van der Waals surface area (Å²) in [4.78, 5) is 0. The van der Waals surface area contributed by atoms with E-state index in [2.05, 4.69) is 5.16 Å². The van der Waals surface area contributed by atoms with Crippen molar-refractivity contribution in [3.05, 3.63) is 59.9 Å². The van der Waals surface area contributed by atoms with E-state index >= 15 is 0 Å². The van der Waals surface area contributed by atoms with Gasteiger partial charge in [0.05, 0.1) is 5.71 Å². The van der Waals surface area contributed by atoms with Gasteiger partial charge in [0.15, 0.2) is 0 Å². The Kier molecular flexibility index (Phi) is 3.19. The van der Waals surface area contributed by atoms with E-state index in [1.165, 1.54) is 12.1 Å². The van der Waals surface area contributed by atoms with E-state index in [0.29, 0.717) is 5.71 Å². The quantitative estimate of drug-likeness (QED) is 0.475. The van der Waals surface area contributed by atoms with E-state index in [4.69, 9.17) is 5.21 Å². The SMILES string of the molecule is CC(=NO)c1ccccc1-c1ccc(F)cc1. The third-order valence-corrected chi connectivity index (χ3v) is 2.62. The lowest BCUT2D eigenvalue weighted by atomic mass is 9.97. The Hall–Kier alpha value is -2.16. The summed E-state index contributed by atoms with van der Waals surface area (Å²) in [7, 11) is 0. The van der Waals surface area contributed by atoms with E-state index in [1.54, 1.807) is 19.1 Å². The van der Waals surface area contributed by atoms with Gasteiger partial charge in [0.25, 0.3) is 0 Å². The normalized spacial score (nSPS) is 11.5. The molecule has 86 valence electrons. The minimum atomic E-state index is -0.265. The highest BCUT2D eigenvalue weighted by Crippen LogP contribution is 2.24. The maximum Gasteiger partial charge on any atom is 0.123 e. The summed E-state index contributed by atoms with van der Waals surface area (Å²) in [5.74, 6) is -0.265. The second kappa shape index (κ2) is 4.78. The lowest BCUT2D eigenvalue weighted by molar-refractivity contribution is 0.319.